The number of hydrogen-bond donors (Lipinski definition) is 1. The van der Waals surface area contributed by atoms with Gasteiger partial charge in [-0.1, -0.05) is 36.4 Å². The minimum absolute atomic E-state index is 0.228. The summed E-state index contributed by atoms with van der Waals surface area (Å²) >= 11 is 1.78. The van der Waals surface area contributed by atoms with E-state index >= 15 is 0 Å². The molecule has 0 aliphatic carbocycles. The zero-order valence-corrected chi connectivity index (χ0v) is 9.41. The molecule has 1 heterocycles. The highest BCUT2D eigenvalue weighted by Gasteiger charge is 2.05. The first kappa shape index (κ1) is 10.4. The fraction of sp³-hybridized carbons (Fsp3) is 0.231. The summed E-state index contributed by atoms with van der Waals surface area (Å²) in [5.74, 6) is 0. The second-order valence-corrected chi connectivity index (χ2v) is 4.77. The molecular formula is C13H15NS. The van der Waals surface area contributed by atoms with Crippen molar-refractivity contribution in [1.82, 2.24) is 0 Å². The average molecular weight is 217 g/mol. The molecule has 1 nitrogen and oxygen atoms in total. The number of rotatable bonds is 4. The second kappa shape index (κ2) is 5.10. The molecule has 0 saturated heterocycles. The number of nitrogens with two attached hydrogens (primary N) is 1. The lowest BCUT2D eigenvalue weighted by Crippen LogP contribution is -2.24. The molecule has 0 aliphatic heterocycles. The van der Waals surface area contributed by atoms with Gasteiger partial charge in [-0.25, -0.2) is 0 Å². The van der Waals surface area contributed by atoms with Gasteiger partial charge in [0.05, 0.1) is 0 Å². The summed E-state index contributed by atoms with van der Waals surface area (Å²) in [6, 6.07) is 14.9. The van der Waals surface area contributed by atoms with Gasteiger partial charge in [0.25, 0.3) is 0 Å². The van der Waals surface area contributed by atoms with Gasteiger partial charge in [0.15, 0.2) is 0 Å². The molecule has 0 unspecified atom stereocenters. The van der Waals surface area contributed by atoms with Crippen LogP contribution in [0.5, 0.6) is 0 Å². The molecule has 0 amide bonds. The molecule has 0 saturated carbocycles. The van der Waals surface area contributed by atoms with Gasteiger partial charge in [0, 0.05) is 10.9 Å². The van der Waals surface area contributed by atoms with Crippen LogP contribution in [0, 0.1) is 0 Å². The van der Waals surface area contributed by atoms with Gasteiger partial charge in [-0.15, -0.1) is 11.3 Å². The zero-order chi connectivity index (χ0) is 10.5. The summed E-state index contributed by atoms with van der Waals surface area (Å²) in [4.78, 5) is 1.37. The maximum Gasteiger partial charge on any atom is 0.0128 e. The highest BCUT2D eigenvalue weighted by molar-refractivity contribution is 7.09. The van der Waals surface area contributed by atoms with E-state index in [9.17, 15) is 0 Å². The quantitative estimate of drug-likeness (QED) is 0.837. The van der Waals surface area contributed by atoms with E-state index in [1.165, 1.54) is 10.4 Å². The third kappa shape index (κ3) is 3.18. The predicted molar refractivity (Wildman–Crippen MR) is 66.1 cm³/mol. The van der Waals surface area contributed by atoms with Gasteiger partial charge in [-0.05, 0) is 29.9 Å². The first-order chi connectivity index (χ1) is 7.34. The van der Waals surface area contributed by atoms with Crippen LogP contribution in [-0.4, -0.2) is 6.04 Å². The monoisotopic (exact) mass is 217 g/mol. The molecule has 1 atom stereocenters. The van der Waals surface area contributed by atoms with Gasteiger partial charge < -0.3 is 5.73 Å². The van der Waals surface area contributed by atoms with Gasteiger partial charge >= 0.3 is 0 Å². The molecule has 15 heavy (non-hydrogen) atoms. The van der Waals surface area contributed by atoms with Crippen molar-refractivity contribution in [1.29, 1.82) is 0 Å². The summed E-state index contributed by atoms with van der Waals surface area (Å²) < 4.78 is 0. The van der Waals surface area contributed by atoms with Crippen LogP contribution in [0.15, 0.2) is 47.8 Å². The van der Waals surface area contributed by atoms with E-state index in [1.807, 2.05) is 6.07 Å². The molecule has 78 valence electrons. The molecule has 2 aromatic rings. The number of thiophene rings is 1. The number of benzene rings is 1. The molecule has 0 aliphatic rings. The van der Waals surface area contributed by atoms with Gasteiger partial charge in [0.1, 0.15) is 0 Å². The largest absolute Gasteiger partial charge is 0.327 e. The zero-order valence-electron chi connectivity index (χ0n) is 8.60. The van der Waals surface area contributed by atoms with Crippen LogP contribution < -0.4 is 5.73 Å². The lowest BCUT2D eigenvalue weighted by atomic mass is 10.0. The smallest absolute Gasteiger partial charge is 0.0128 e. The lowest BCUT2D eigenvalue weighted by Gasteiger charge is -2.09. The Balaban J connectivity index is 1.90. The third-order valence-corrected chi connectivity index (χ3v) is 3.28. The minimum Gasteiger partial charge on any atom is -0.327 e. The molecule has 0 bridgehead atoms. The SMILES string of the molecule is N[C@@H](Cc1ccccc1)Cc1cccs1. The van der Waals surface area contributed by atoms with Crippen LogP contribution in [0.3, 0.4) is 0 Å². The summed E-state index contributed by atoms with van der Waals surface area (Å²) in [7, 11) is 0. The normalized spacial score (nSPS) is 12.6. The molecule has 1 aromatic heterocycles. The molecule has 0 spiro atoms. The fourth-order valence-electron chi connectivity index (χ4n) is 1.68. The summed E-state index contributed by atoms with van der Waals surface area (Å²) in [6.45, 7) is 0. The standard InChI is InChI=1S/C13H15NS/c14-12(10-13-7-4-8-15-13)9-11-5-2-1-3-6-11/h1-8,12H,9-10,14H2/t12-/m0/s1. The molecule has 2 rings (SSSR count). The van der Waals surface area contributed by atoms with Crippen molar-refractivity contribution < 1.29 is 0 Å². The van der Waals surface area contributed by atoms with Crippen LogP contribution in [0.4, 0.5) is 0 Å². The Bertz CT molecular complexity index is 380. The molecule has 2 heteroatoms. The van der Waals surface area contributed by atoms with Crippen molar-refractivity contribution >= 4 is 11.3 Å². The van der Waals surface area contributed by atoms with Crippen LogP contribution in [0.25, 0.3) is 0 Å². The molecule has 0 fully saturated rings. The van der Waals surface area contributed by atoms with Gasteiger partial charge in [-0.2, -0.15) is 0 Å². The van der Waals surface area contributed by atoms with E-state index in [2.05, 4.69) is 41.8 Å². The van der Waals surface area contributed by atoms with Crippen molar-refractivity contribution in [2.45, 2.75) is 18.9 Å². The maximum absolute atomic E-state index is 6.10. The first-order valence-electron chi connectivity index (χ1n) is 5.16. The average Bonchev–Trinajstić information content (AvgIpc) is 2.71. The van der Waals surface area contributed by atoms with Crippen LogP contribution >= 0.6 is 11.3 Å². The highest BCUT2D eigenvalue weighted by atomic mass is 32.1. The van der Waals surface area contributed by atoms with Crippen LogP contribution in [0.1, 0.15) is 10.4 Å². The van der Waals surface area contributed by atoms with Crippen LogP contribution in [-0.2, 0) is 12.8 Å². The van der Waals surface area contributed by atoms with Crippen molar-refractivity contribution in [2.75, 3.05) is 0 Å². The van der Waals surface area contributed by atoms with E-state index in [1.54, 1.807) is 11.3 Å². The number of hydrogen-bond acceptors (Lipinski definition) is 2. The Kier molecular flexibility index (Phi) is 3.54. The maximum atomic E-state index is 6.10. The van der Waals surface area contributed by atoms with E-state index < -0.39 is 0 Å². The fourth-order valence-corrected chi connectivity index (χ4v) is 2.48. The van der Waals surface area contributed by atoms with Crippen molar-refractivity contribution in [3.63, 3.8) is 0 Å². The highest BCUT2D eigenvalue weighted by Crippen LogP contribution is 2.12. The van der Waals surface area contributed by atoms with E-state index in [4.69, 9.17) is 5.73 Å². The lowest BCUT2D eigenvalue weighted by molar-refractivity contribution is 0.671. The van der Waals surface area contributed by atoms with Crippen molar-refractivity contribution in [3.8, 4) is 0 Å². The summed E-state index contributed by atoms with van der Waals surface area (Å²) in [6.07, 6.45) is 1.94. The summed E-state index contributed by atoms with van der Waals surface area (Å²) in [5, 5.41) is 2.10. The van der Waals surface area contributed by atoms with E-state index in [0.717, 1.165) is 12.8 Å². The molecular weight excluding hydrogens is 202 g/mol. The van der Waals surface area contributed by atoms with Crippen molar-refractivity contribution in [2.24, 2.45) is 5.73 Å². The van der Waals surface area contributed by atoms with E-state index in [0.29, 0.717) is 0 Å². The second-order valence-electron chi connectivity index (χ2n) is 3.73. The molecule has 0 radical (unpaired) electrons. The Labute approximate surface area is 94.6 Å². The van der Waals surface area contributed by atoms with Crippen molar-refractivity contribution in [3.05, 3.63) is 58.3 Å². The molecule has 1 aromatic carbocycles. The van der Waals surface area contributed by atoms with Gasteiger partial charge in [-0.3, -0.25) is 0 Å². The van der Waals surface area contributed by atoms with Gasteiger partial charge in [0.2, 0.25) is 0 Å². The summed E-state index contributed by atoms with van der Waals surface area (Å²) in [5.41, 5.74) is 7.42. The molecule has 2 N–H and O–H groups in total. The Morgan fingerprint density at radius 1 is 1.00 bits per heavy atom. The Hall–Kier alpha value is -1.12. The third-order valence-electron chi connectivity index (χ3n) is 2.38. The van der Waals surface area contributed by atoms with Crippen LogP contribution in [0.2, 0.25) is 0 Å². The topological polar surface area (TPSA) is 26.0 Å². The Morgan fingerprint density at radius 2 is 1.80 bits per heavy atom. The Morgan fingerprint density at radius 3 is 2.47 bits per heavy atom. The first-order valence-corrected chi connectivity index (χ1v) is 6.04. The van der Waals surface area contributed by atoms with E-state index in [-0.39, 0.29) is 6.04 Å². The minimum atomic E-state index is 0.228. The predicted octanol–water partition coefficient (Wildman–Crippen LogP) is 2.86.